The van der Waals surface area contributed by atoms with E-state index in [1.807, 2.05) is 28.9 Å². The minimum atomic E-state index is -0.0695. The molecule has 37 heavy (non-hydrogen) atoms. The maximum absolute atomic E-state index is 5.41. The Morgan fingerprint density at radius 3 is 2.11 bits per heavy atom. The van der Waals surface area contributed by atoms with Crippen molar-refractivity contribution >= 4 is 5.69 Å². The Bertz CT molecular complexity index is 1310. The van der Waals surface area contributed by atoms with Gasteiger partial charge in [0.25, 0.3) is 0 Å². The number of aromatic nitrogens is 4. The fourth-order valence-electron chi connectivity index (χ4n) is 5.01. The topological polar surface area (TPSA) is 68.5 Å². The van der Waals surface area contributed by atoms with Crippen molar-refractivity contribution in [2.45, 2.75) is 26.4 Å². The summed E-state index contributed by atoms with van der Waals surface area (Å²) in [6, 6.07) is 22.9. The molecule has 8 nitrogen and oxygen atoms in total. The highest BCUT2D eigenvalue weighted by Gasteiger charge is 2.31. The predicted molar refractivity (Wildman–Crippen MR) is 144 cm³/mol. The first-order valence-electron chi connectivity index (χ1n) is 12.6. The van der Waals surface area contributed by atoms with Crippen molar-refractivity contribution in [3.05, 3.63) is 94.8 Å². The van der Waals surface area contributed by atoms with Crippen LogP contribution in [0.1, 0.15) is 34.1 Å². The molecule has 1 aromatic heterocycles. The summed E-state index contributed by atoms with van der Waals surface area (Å²) in [5.74, 6) is 2.50. The van der Waals surface area contributed by atoms with Gasteiger partial charge >= 0.3 is 0 Å². The Labute approximate surface area is 218 Å². The molecule has 0 saturated carbocycles. The number of hydrogen-bond acceptors (Lipinski definition) is 7. The normalized spacial score (nSPS) is 15.0. The average Bonchev–Trinajstić information content (AvgIpc) is 3.39. The molecule has 0 spiro atoms. The molecule has 3 aromatic carbocycles. The fourth-order valence-corrected chi connectivity index (χ4v) is 5.01. The van der Waals surface area contributed by atoms with Gasteiger partial charge in [0.05, 0.1) is 26.8 Å². The molecule has 0 radical (unpaired) electrons. The van der Waals surface area contributed by atoms with Crippen molar-refractivity contribution in [1.82, 2.24) is 25.1 Å². The molecule has 0 amide bonds. The molecule has 1 saturated heterocycles. The van der Waals surface area contributed by atoms with Crippen LogP contribution in [0.3, 0.4) is 0 Å². The van der Waals surface area contributed by atoms with E-state index < -0.39 is 0 Å². The van der Waals surface area contributed by atoms with Crippen LogP contribution in [-0.2, 0) is 6.54 Å². The van der Waals surface area contributed by atoms with E-state index in [1.54, 1.807) is 14.2 Å². The zero-order valence-electron chi connectivity index (χ0n) is 22.0. The Morgan fingerprint density at radius 1 is 0.811 bits per heavy atom. The molecule has 0 bridgehead atoms. The lowest BCUT2D eigenvalue weighted by molar-refractivity contribution is 0.201. The first-order valence-corrected chi connectivity index (χ1v) is 12.6. The lowest BCUT2D eigenvalue weighted by atomic mass is 10.0. The Morgan fingerprint density at radius 2 is 1.46 bits per heavy atom. The molecular weight excluding hydrogens is 464 g/mol. The van der Waals surface area contributed by atoms with Gasteiger partial charge in [-0.05, 0) is 76.9 Å². The summed E-state index contributed by atoms with van der Waals surface area (Å²) in [5.41, 5.74) is 6.19. The van der Waals surface area contributed by atoms with Gasteiger partial charge in [-0.15, -0.1) is 5.10 Å². The second kappa shape index (κ2) is 11.0. The molecule has 0 unspecified atom stereocenters. The van der Waals surface area contributed by atoms with Crippen LogP contribution < -0.4 is 14.4 Å². The standard InChI is InChI=1S/C29H34N6O2/c1-21-5-6-22(2)27(19-21)33-15-17-34(18-16-33)28(24-9-13-26(37-4)14-10-24)29-30-31-32-35(29)20-23-7-11-25(36-3)12-8-23/h5-14,19,28H,15-18,20H2,1-4H3/t28-/m1/s1. The van der Waals surface area contributed by atoms with Gasteiger partial charge in [0.2, 0.25) is 0 Å². The van der Waals surface area contributed by atoms with Crippen molar-refractivity contribution in [2.24, 2.45) is 0 Å². The third-order valence-electron chi connectivity index (χ3n) is 7.11. The van der Waals surface area contributed by atoms with Crippen LogP contribution >= 0.6 is 0 Å². The lowest BCUT2D eigenvalue weighted by Gasteiger charge is -2.40. The maximum atomic E-state index is 5.41. The SMILES string of the molecule is COc1ccc(Cn2nnnc2[C@@H](c2ccc(OC)cc2)N2CCN(c3cc(C)ccc3C)CC2)cc1. The van der Waals surface area contributed by atoms with E-state index in [-0.39, 0.29) is 6.04 Å². The van der Waals surface area contributed by atoms with Crippen molar-refractivity contribution in [3.63, 3.8) is 0 Å². The summed E-state index contributed by atoms with van der Waals surface area (Å²) < 4.78 is 12.6. The summed E-state index contributed by atoms with van der Waals surface area (Å²) in [6.45, 7) is 8.62. The van der Waals surface area contributed by atoms with Gasteiger partial charge in [-0.2, -0.15) is 0 Å². The quantitative estimate of drug-likeness (QED) is 0.359. The highest BCUT2D eigenvalue weighted by Crippen LogP contribution is 2.31. The number of aryl methyl sites for hydroxylation is 2. The van der Waals surface area contributed by atoms with Gasteiger partial charge < -0.3 is 14.4 Å². The number of ether oxygens (including phenoxy) is 2. The molecule has 1 aliphatic heterocycles. The van der Waals surface area contributed by atoms with Gasteiger partial charge in [-0.1, -0.05) is 36.4 Å². The molecule has 192 valence electrons. The molecule has 1 atom stereocenters. The van der Waals surface area contributed by atoms with Crippen molar-refractivity contribution in [3.8, 4) is 11.5 Å². The van der Waals surface area contributed by atoms with Crippen molar-refractivity contribution in [1.29, 1.82) is 0 Å². The number of tetrazole rings is 1. The molecule has 0 N–H and O–H groups in total. The number of anilines is 1. The Kier molecular flexibility index (Phi) is 7.37. The molecule has 8 heteroatoms. The molecule has 1 fully saturated rings. The lowest BCUT2D eigenvalue weighted by Crippen LogP contribution is -2.48. The van der Waals surface area contributed by atoms with E-state index in [9.17, 15) is 0 Å². The Balaban J connectivity index is 1.42. The first kappa shape index (κ1) is 24.8. The van der Waals surface area contributed by atoms with Gasteiger partial charge in [0.15, 0.2) is 5.82 Å². The molecule has 0 aliphatic carbocycles. The summed E-state index contributed by atoms with van der Waals surface area (Å²) in [5, 5.41) is 13.0. The summed E-state index contributed by atoms with van der Waals surface area (Å²) >= 11 is 0. The highest BCUT2D eigenvalue weighted by molar-refractivity contribution is 5.55. The monoisotopic (exact) mass is 498 g/mol. The van der Waals surface area contributed by atoms with E-state index in [4.69, 9.17) is 9.47 Å². The van der Waals surface area contributed by atoms with Crippen LogP contribution in [0.25, 0.3) is 0 Å². The smallest absolute Gasteiger partial charge is 0.173 e. The van der Waals surface area contributed by atoms with E-state index in [2.05, 4.69) is 81.6 Å². The molecular formula is C29H34N6O2. The summed E-state index contributed by atoms with van der Waals surface area (Å²) in [6.07, 6.45) is 0. The average molecular weight is 499 g/mol. The van der Waals surface area contributed by atoms with Crippen LogP contribution in [0.5, 0.6) is 11.5 Å². The predicted octanol–water partition coefficient (Wildman–Crippen LogP) is 4.27. The van der Waals surface area contributed by atoms with E-state index >= 15 is 0 Å². The van der Waals surface area contributed by atoms with Crippen LogP contribution in [0.4, 0.5) is 5.69 Å². The second-order valence-corrected chi connectivity index (χ2v) is 9.53. The van der Waals surface area contributed by atoms with E-state index in [1.165, 1.54) is 16.8 Å². The number of methoxy groups -OCH3 is 2. The summed E-state index contributed by atoms with van der Waals surface area (Å²) in [7, 11) is 3.36. The number of piperazine rings is 1. The zero-order chi connectivity index (χ0) is 25.8. The largest absolute Gasteiger partial charge is 0.497 e. The molecule has 1 aliphatic rings. The second-order valence-electron chi connectivity index (χ2n) is 9.53. The minimum absolute atomic E-state index is 0.0695. The summed E-state index contributed by atoms with van der Waals surface area (Å²) in [4.78, 5) is 4.98. The highest BCUT2D eigenvalue weighted by atomic mass is 16.5. The number of rotatable bonds is 8. The van der Waals surface area contributed by atoms with Gasteiger partial charge in [-0.25, -0.2) is 4.68 Å². The minimum Gasteiger partial charge on any atom is -0.497 e. The van der Waals surface area contributed by atoms with E-state index in [0.29, 0.717) is 6.54 Å². The Hall–Kier alpha value is -3.91. The van der Waals surface area contributed by atoms with Crippen LogP contribution in [0, 0.1) is 13.8 Å². The molecule has 2 heterocycles. The van der Waals surface area contributed by atoms with E-state index in [0.717, 1.165) is 54.6 Å². The van der Waals surface area contributed by atoms with Crippen LogP contribution in [0.2, 0.25) is 0 Å². The maximum Gasteiger partial charge on any atom is 0.173 e. The fraction of sp³-hybridized carbons (Fsp3) is 0.345. The number of nitrogens with zero attached hydrogens (tertiary/aromatic N) is 6. The van der Waals surface area contributed by atoms with Crippen molar-refractivity contribution in [2.75, 3.05) is 45.3 Å². The van der Waals surface area contributed by atoms with Gasteiger partial charge in [-0.3, -0.25) is 4.90 Å². The molecule has 5 rings (SSSR count). The van der Waals surface area contributed by atoms with Crippen molar-refractivity contribution < 1.29 is 9.47 Å². The van der Waals surface area contributed by atoms with Crippen LogP contribution in [0.15, 0.2) is 66.7 Å². The first-order chi connectivity index (χ1) is 18.1. The third-order valence-corrected chi connectivity index (χ3v) is 7.11. The van der Waals surface area contributed by atoms with Gasteiger partial charge in [0.1, 0.15) is 11.5 Å². The molecule has 4 aromatic rings. The third kappa shape index (κ3) is 5.44. The van der Waals surface area contributed by atoms with Gasteiger partial charge in [0, 0.05) is 31.9 Å². The van der Waals surface area contributed by atoms with Crippen LogP contribution in [-0.4, -0.2) is 65.5 Å². The number of hydrogen-bond donors (Lipinski definition) is 0. The zero-order valence-corrected chi connectivity index (χ0v) is 22.0. The number of benzene rings is 3.